The van der Waals surface area contributed by atoms with Crippen LogP contribution in [-0.2, 0) is 7.05 Å². The molecule has 35 heavy (non-hydrogen) atoms. The highest BCUT2D eigenvalue weighted by atomic mass is 19.1. The first-order valence-corrected chi connectivity index (χ1v) is 11.2. The van der Waals surface area contributed by atoms with Crippen LogP contribution in [0, 0.1) is 17.5 Å². The SMILES string of the molecule is Cn1cc(-c2ccc(N3CC(c4cc(F)ccc4F)N(C4CC4)C3=O)cc2F)c2c(N)ncnc21. The van der Waals surface area contributed by atoms with Gasteiger partial charge in [-0.25, -0.2) is 27.9 Å². The van der Waals surface area contributed by atoms with E-state index in [2.05, 4.69) is 9.97 Å². The zero-order valence-electron chi connectivity index (χ0n) is 18.8. The number of aromatic nitrogens is 3. The van der Waals surface area contributed by atoms with Crippen molar-refractivity contribution in [2.24, 2.45) is 7.05 Å². The van der Waals surface area contributed by atoms with Crippen LogP contribution in [0.25, 0.3) is 22.2 Å². The predicted octanol–water partition coefficient (Wildman–Crippen LogP) is 4.78. The topological polar surface area (TPSA) is 80.3 Å². The number of nitrogens with two attached hydrogens (primary N) is 1. The van der Waals surface area contributed by atoms with Gasteiger partial charge in [-0.2, -0.15) is 0 Å². The second kappa shape index (κ2) is 7.72. The fourth-order valence-corrected chi connectivity index (χ4v) is 4.94. The molecule has 2 aromatic carbocycles. The lowest BCUT2D eigenvalue weighted by molar-refractivity contribution is 0.201. The molecule has 2 fully saturated rings. The van der Waals surface area contributed by atoms with Crippen LogP contribution in [0.2, 0.25) is 0 Å². The van der Waals surface area contributed by atoms with Gasteiger partial charge in [0.05, 0.1) is 18.0 Å². The van der Waals surface area contributed by atoms with E-state index in [1.54, 1.807) is 34.8 Å². The predicted molar refractivity (Wildman–Crippen MR) is 125 cm³/mol. The van der Waals surface area contributed by atoms with Crippen molar-refractivity contribution in [1.29, 1.82) is 0 Å². The van der Waals surface area contributed by atoms with Gasteiger partial charge < -0.3 is 15.2 Å². The van der Waals surface area contributed by atoms with Crippen molar-refractivity contribution in [3.05, 3.63) is 71.9 Å². The molecule has 3 heterocycles. The van der Waals surface area contributed by atoms with Crippen molar-refractivity contribution in [2.75, 3.05) is 17.2 Å². The molecule has 2 aliphatic rings. The number of rotatable bonds is 4. The standard InChI is InChI=1S/C25H21F3N6O/c1-32-10-18(22-23(29)30-12-31-24(22)32)16-6-5-15(9-20(16)28)33-11-21(34(25(33)35)14-3-4-14)17-8-13(26)2-7-19(17)27/h2,5-10,12,14,21H,3-4,11H2,1H3,(H2,29,30,31). The first kappa shape index (κ1) is 21.5. The fraction of sp³-hybridized carbons (Fsp3) is 0.240. The van der Waals surface area contributed by atoms with Crippen LogP contribution in [0.3, 0.4) is 0 Å². The Morgan fingerprint density at radius 3 is 2.54 bits per heavy atom. The van der Waals surface area contributed by atoms with E-state index in [0.717, 1.165) is 31.0 Å². The molecule has 0 bridgehead atoms. The maximum Gasteiger partial charge on any atom is 0.325 e. The van der Waals surface area contributed by atoms with Gasteiger partial charge in [-0.15, -0.1) is 0 Å². The lowest BCUT2D eigenvalue weighted by Crippen LogP contribution is -2.34. The summed E-state index contributed by atoms with van der Waals surface area (Å²) >= 11 is 0. The number of nitrogens with zero attached hydrogens (tertiary/aromatic N) is 5. The number of hydrogen-bond acceptors (Lipinski definition) is 4. The van der Waals surface area contributed by atoms with Gasteiger partial charge in [0.25, 0.3) is 0 Å². The number of nitrogen functional groups attached to an aromatic ring is 1. The first-order valence-electron chi connectivity index (χ1n) is 11.2. The number of fused-ring (bicyclic) bond motifs is 1. The Kier molecular flexibility index (Phi) is 4.73. The van der Waals surface area contributed by atoms with E-state index in [0.29, 0.717) is 27.8 Å². The van der Waals surface area contributed by atoms with Crippen LogP contribution in [0.1, 0.15) is 24.4 Å². The molecule has 2 aromatic heterocycles. The smallest absolute Gasteiger partial charge is 0.325 e. The number of carbonyl (C=O) groups is 1. The van der Waals surface area contributed by atoms with Crippen molar-refractivity contribution in [2.45, 2.75) is 24.9 Å². The van der Waals surface area contributed by atoms with Gasteiger partial charge in [-0.1, -0.05) is 0 Å². The molecule has 1 saturated heterocycles. The molecule has 4 aromatic rings. The zero-order chi connectivity index (χ0) is 24.4. The molecule has 1 unspecified atom stereocenters. The number of aryl methyl sites for hydroxylation is 1. The summed E-state index contributed by atoms with van der Waals surface area (Å²) in [4.78, 5) is 24.6. The molecule has 7 nitrogen and oxygen atoms in total. The van der Waals surface area contributed by atoms with E-state index in [1.165, 1.54) is 17.3 Å². The van der Waals surface area contributed by atoms with E-state index in [9.17, 15) is 13.6 Å². The average Bonchev–Trinajstić information content (AvgIpc) is 3.53. The third-order valence-corrected chi connectivity index (χ3v) is 6.74. The summed E-state index contributed by atoms with van der Waals surface area (Å²) in [5.41, 5.74) is 7.91. The van der Waals surface area contributed by atoms with Gasteiger partial charge in [0, 0.05) is 41.7 Å². The number of carbonyl (C=O) groups excluding carboxylic acids is 1. The molecule has 178 valence electrons. The van der Waals surface area contributed by atoms with Crippen molar-refractivity contribution in [3.8, 4) is 11.1 Å². The lowest BCUT2D eigenvalue weighted by atomic mass is 10.0. The minimum Gasteiger partial charge on any atom is -0.383 e. The van der Waals surface area contributed by atoms with Gasteiger partial charge in [0.2, 0.25) is 0 Å². The van der Waals surface area contributed by atoms with Crippen LogP contribution in [0.4, 0.5) is 29.5 Å². The monoisotopic (exact) mass is 478 g/mol. The Labute approximate surface area is 198 Å². The highest BCUT2D eigenvalue weighted by Crippen LogP contribution is 2.43. The maximum atomic E-state index is 15.4. The number of benzene rings is 2. The fourth-order valence-electron chi connectivity index (χ4n) is 4.94. The van der Waals surface area contributed by atoms with Crippen molar-refractivity contribution >= 4 is 28.6 Å². The highest BCUT2D eigenvalue weighted by Gasteiger charge is 2.47. The van der Waals surface area contributed by atoms with Gasteiger partial charge >= 0.3 is 6.03 Å². The molecular weight excluding hydrogens is 457 g/mol. The minimum atomic E-state index is -0.663. The Morgan fingerprint density at radius 2 is 1.80 bits per heavy atom. The summed E-state index contributed by atoms with van der Waals surface area (Å²) in [6.07, 6.45) is 4.67. The second-order valence-corrected chi connectivity index (χ2v) is 8.99. The van der Waals surface area contributed by atoms with Gasteiger partial charge in [0.15, 0.2) is 0 Å². The van der Waals surface area contributed by atoms with E-state index in [-0.39, 0.29) is 30.0 Å². The summed E-state index contributed by atoms with van der Waals surface area (Å²) < 4.78 is 45.7. The normalized spacial score (nSPS) is 18.2. The summed E-state index contributed by atoms with van der Waals surface area (Å²) in [6.45, 7) is 0.0869. The summed E-state index contributed by atoms with van der Waals surface area (Å²) in [5.74, 6) is -1.46. The minimum absolute atomic E-state index is 0.0389. The van der Waals surface area contributed by atoms with Crippen LogP contribution in [0.15, 0.2) is 48.9 Å². The van der Waals surface area contributed by atoms with Crippen molar-refractivity contribution in [1.82, 2.24) is 19.4 Å². The summed E-state index contributed by atoms with van der Waals surface area (Å²) in [5, 5.41) is 0.542. The van der Waals surface area contributed by atoms with Crippen molar-refractivity contribution in [3.63, 3.8) is 0 Å². The lowest BCUT2D eigenvalue weighted by Gasteiger charge is -2.23. The number of anilines is 2. The maximum absolute atomic E-state index is 15.4. The molecule has 1 atom stereocenters. The first-order chi connectivity index (χ1) is 16.8. The molecule has 1 aliphatic carbocycles. The van der Waals surface area contributed by atoms with Crippen LogP contribution in [-0.4, -0.2) is 38.1 Å². The van der Waals surface area contributed by atoms with Crippen LogP contribution < -0.4 is 10.6 Å². The molecule has 6 rings (SSSR count). The highest BCUT2D eigenvalue weighted by molar-refractivity contribution is 6.01. The molecular formula is C25H21F3N6O. The van der Waals surface area contributed by atoms with Gasteiger partial charge in [0.1, 0.15) is 35.2 Å². The zero-order valence-corrected chi connectivity index (χ0v) is 18.8. The number of amides is 2. The molecule has 2 N–H and O–H groups in total. The third kappa shape index (κ3) is 3.39. The third-order valence-electron chi connectivity index (χ3n) is 6.74. The average molecular weight is 478 g/mol. The summed E-state index contributed by atoms with van der Waals surface area (Å²) in [6, 6.07) is 6.69. The Hall–Kier alpha value is -4.08. The Balaban J connectivity index is 1.39. The Morgan fingerprint density at radius 1 is 1.00 bits per heavy atom. The van der Waals surface area contributed by atoms with E-state index < -0.39 is 23.5 Å². The quantitative estimate of drug-likeness (QED) is 0.458. The second-order valence-electron chi connectivity index (χ2n) is 8.99. The van der Waals surface area contributed by atoms with E-state index in [4.69, 9.17) is 5.73 Å². The molecule has 1 aliphatic heterocycles. The van der Waals surface area contributed by atoms with E-state index in [1.807, 2.05) is 0 Å². The Bertz CT molecular complexity index is 1500. The van der Waals surface area contributed by atoms with Crippen LogP contribution >= 0.6 is 0 Å². The molecule has 2 amide bonds. The molecule has 1 saturated carbocycles. The van der Waals surface area contributed by atoms with Crippen LogP contribution in [0.5, 0.6) is 0 Å². The van der Waals surface area contributed by atoms with E-state index >= 15 is 4.39 Å². The molecule has 0 spiro atoms. The summed E-state index contributed by atoms with van der Waals surface area (Å²) in [7, 11) is 1.78. The molecule has 10 heteroatoms. The largest absolute Gasteiger partial charge is 0.383 e. The van der Waals surface area contributed by atoms with Crippen molar-refractivity contribution < 1.29 is 18.0 Å². The molecule has 0 radical (unpaired) electrons. The van der Waals surface area contributed by atoms with Gasteiger partial charge in [-0.3, -0.25) is 4.90 Å². The number of halogens is 3. The number of urea groups is 1. The van der Waals surface area contributed by atoms with Gasteiger partial charge in [-0.05, 0) is 49.2 Å². The number of hydrogen-bond donors (Lipinski definition) is 1.